The van der Waals surface area contributed by atoms with Gasteiger partial charge in [-0.2, -0.15) is 4.99 Å². The molecular formula is C29H25N4O6-. The fraction of sp³-hybridized carbons (Fsp3) is 0.138. The van der Waals surface area contributed by atoms with Crippen molar-refractivity contribution in [2.24, 2.45) is 4.99 Å². The highest BCUT2D eigenvalue weighted by Gasteiger charge is 2.34. The van der Waals surface area contributed by atoms with Crippen molar-refractivity contribution in [3.8, 4) is 17.6 Å². The fourth-order valence-electron chi connectivity index (χ4n) is 3.75. The van der Waals surface area contributed by atoms with Crippen LogP contribution in [-0.2, 0) is 9.53 Å². The number of urea groups is 1. The van der Waals surface area contributed by atoms with Crippen molar-refractivity contribution in [3.05, 3.63) is 106 Å². The lowest BCUT2D eigenvalue weighted by Crippen LogP contribution is -2.43. The SMILES string of the molecule is CCOC1=NC(=O)N(c2ccccc2)C(=O)/C1=C/C=C/C=C/c1c(OCC)nc([O-])n(-c2ccccc2)c1=O. The number of ether oxygens (including phenoxy) is 2. The topological polar surface area (TPSA) is 126 Å². The molecule has 1 aromatic heterocycles. The Balaban J connectivity index is 1.66. The van der Waals surface area contributed by atoms with Crippen molar-refractivity contribution in [1.82, 2.24) is 9.55 Å². The van der Waals surface area contributed by atoms with Crippen molar-refractivity contribution in [3.63, 3.8) is 0 Å². The van der Waals surface area contributed by atoms with Crippen LogP contribution in [0.4, 0.5) is 10.5 Å². The smallest absolute Gasteiger partial charge is 0.358 e. The van der Waals surface area contributed by atoms with Gasteiger partial charge in [-0.25, -0.2) is 14.7 Å². The minimum atomic E-state index is -0.747. The molecule has 1 aliphatic heterocycles. The first-order valence-electron chi connectivity index (χ1n) is 12.2. The van der Waals surface area contributed by atoms with E-state index < -0.39 is 23.5 Å². The number of hydrogen-bond donors (Lipinski definition) is 0. The molecule has 10 heteroatoms. The zero-order chi connectivity index (χ0) is 27.8. The van der Waals surface area contributed by atoms with Gasteiger partial charge in [0.2, 0.25) is 11.8 Å². The number of hydrogen-bond acceptors (Lipinski definition) is 7. The van der Waals surface area contributed by atoms with E-state index in [0.717, 1.165) is 9.47 Å². The van der Waals surface area contributed by atoms with Crippen molar-refractivity contribution in [1.29, 1.82) is 0 Å². The molecule has 0 fully saturated rings. The first kappa shape index (κ1) is 26.8. The van der Waals surface area contributed by atoms with E-state index in [1.165, 1.54) is 12.2 Å². The van der Waals surface area contributed by atoms with Gasteiger partial charge in [0.25, 0.3) is 11.5 Å². The lowest BCUT2D eigenvalue weighted by molar-refractivity contribution is -0.285. The summed E-state index contributed by atoms with van der Waals surface area (Å²) in [6.07, 6.45) is 7.59. The van der Waals surface area contributed by atoms with E-state index in [-0.39, 0.29) is 36.1 Å². The summed E-state index contributed by atoms with van der Waals surface area (Å²) in [7, 11) is 0. The molecule has 0 saturated carbocycles. The number of carbonyl (C=O) groups excluding carboxylic acids is 2. The van der Waals surface area contributed by atoms with E-state index in [4.69, 9.17) is 9.47 Å². The molecule has 0 saturated heterocycles. The van der Waals surface area contributed by atoms with Crippen molar-refractivity contribution in [2.45, 2.75) is 13.8 Å². The van der Waals surface area contributed by atoms with Crippen molar-refractivity contribution < 1.29 is 24.2 Å². The van der Waals surface area contributed by atoms with Crippen LogP contribution >= 0.6 is 0 Å². The molecular weight excluding hydrogens is 500 g/mol. The van der Waals surface area contributed by atoms with Crippen LogP contribution in [0.2, 0.25) is 0 Å². The average Bonchev–Trinajstić information content (AvgIpc) is 2.93. The number of rotatable bonds is 8. The molecule has 0 unspecified atom stereocenters. The molecule has 3 aromatic rings. The number of imide groups is 1. The van der Waals surface area contributed by atoms with Crippen LogP contribution in [0, 0.1) is 0 Å². The zero-order valence-electron chi connectivity index (χ0n) is 21.3. The first-order chi connectivity index (χ1) is 19.0. The van der Waals surface area contributed by atoms with Gasteiger partial charge in [0.05, 0.1) is 24.9 Å². The van der Waals surface area contributed by atoms with E-state index in [2.05, 4.69) is 9.98 Å². The molecule has 39 heavy (non-hydrogen) atoms. The summed E-state index contributed by atoms with van der Waals surface area (Å²) in [5.41, 5.74) is 0.355. The minimum Gasteiger partial charge on any atom is -0.845 e. The maximum Gasteiger partial charge on any atom is 0.358 e. The number of benzene rings is 2. The van der Waals surface area contributed by atoms with Crippen LogP contribution in [0.25, 0.3) is 11.8 Å². The van der Waals surface area contributed by atoms with Crippen molar-refractivity contribution >= 4 is 29.6 Å². The quantitative estimate of drug-likeness (QED) is 0.323. The summed E-state index contributed by atoms with van der Waals surface area (Å²) in [6.45, 7) is 3.86. The summed E-state index contributed by atoms with van der Waals surface area (Å²) in [6, 6.07) is 15.4. The molecule has 2 aromatic carbocycles. The Hall–Kier alpha value is -5.25. The summed E-state index contributed by atoms with van der Waals surface area (Å²) in [4.78, 5) is 47.8. The third kappa shape index (κ3) is 5.85. The van der Waals surface area contributed by atoms with Gasteiger partial charge in [-0.3, -0.25) is 14.2 Å². The molecule has 4 rings (SSSR count). The molecule has 0 radical (unpaired) electrons. The Morgan fingerprint density at radius 3 is 2.13 bits per heavy atom. The Labute approximate surface area is 224 Å². The van der Waals surface area contributed by atoms with E-state index in [0.29, 0.717) is 11.4 Å². The summed E-state index contributed by atoms with van der Waals surface area (Å²) in [5, 5.41) is 12.5. The van der Waals surface area contributed by atoms with Gasteiger partial charge in [0, 0.05) is 5.69 Å². The number of amides is 3. The molecule has 10 nitrogen and oxygen atoms in total. The second-order valence-corrected chi connectivity index (χ2v) is 7.96. The van der Waals surface area contributed by atoms with Gasteiger partial charge in [0.1, 0.15) is 11.1 Å². The molecule has 3 amide bonds. The summed E-state index contributed by atoms with van der Waals surface area (Å²) >= 11 is 0. The Bertz CT molecular complexity index is 1540. The number of allylic oxidation sites excluding steroid dienone is 4. The highest BCUT2D eigenvalue weighted by atomic mass is 16.5. The maximum absolute atomic E-state index is 13.2. The molecule has 0 aliphatic carbocycles. The molecule has 0 atom stereocenters. The number of aromatic nitrogens is 2. The maximum atomic E-state index is 13.2. The summed E-state index contributed by atoms with van der Waals surface area (Å²) < 4.78 is 11.8. The van der Waals surface area contributed by atoms with E-state index in [9.17, 15) is 19.5 Å². The largest absolute Gasteiger partial charge is 0.845 e. The van der Waals surface area contributed by atoms with Gasteiger partial charge in [0.15, 0.2) is 0 Å². The normalized spacial score (nSPS) is 14.9. The van der Waals surface area contributed by atoms with Crippen LogP contribution in [-0.4, -0.2) is 40.6 Å². The predicted octanol–water partition coefficient (Wildman–Crippen LogP) is 3.80. The lowest BCUT2D eigenvalue weighted by Gasteiger charge is -2.24. The predicted molar refractivity (Wildman–Crippen MR) is 145 cm³/mol. The highest BCUT2D eigenvalue weighted by Crippen LogP contribution is 2.23. The molecule has 0 spiro atoms. The monoisotopic (exact) mass is 525 g/mol. The van der Waals surface area contributed by atoms with Gasteiger partial charge in [-0.15, -0.1) is 0 Å². The van der Waals surface area contributed by atoms with Gasteiger partial charge >= 0.3 is 6.03 Å². The lowest BCUT2D eigenvalue weighted by atomic mass is 10.1. The second kappa shape index (κ2) is 12.3. The second-order valence-electron chi connectivity index (χ2n) is 7.96. The van der Waals surface area contributed by atoms with E-state index >= 15 is 0 Å². The number of carbonyl (C=O) groups is 2. The van der Waals surface area contributed by atoms with Gasteiger partial charge in [-0.1, -0.05) is 54.6 Å². The van der Waals surface area contributed by atoms with E-state index in [1.807, 2.05) is 0 Å². The molecule has 198 valence electrons. The highest BCUT2D eigenvalue weighted by molar-refractivity contribution is 6.36. The first-order valence-corrected chi connectivity index (χ1v) is 12.2. The Kier molecular flexibility index (Phi) is 8.47. The van der Waals surface area contributed by atoms with Gasteiger partial charge < -0.3 is 14.6 Å². The number of nitrogens with zero attached hydrogens (tertiary/aromatic N) is 4. The molecule has 0 N–H and O–H groups in total. The Morgan fingerprint density at radius 2 is 1.49 bits per heavy atom. The molecule has 2 heterocycles. The van der Waals surface area contributed by atoms with E-state index in [1.54, 1.807) is 92.7 Å². The van der Waals surface area contributed by atoms with Crippen LogP contribution < -0.4 is 20.3 Å². The van der Waals surface area contributed by atoms with Crippen LogP contribution in [0.3, 0.4) is 0 Å². The molecule has 0 bridgehead atoms. The summed E-state index contributed by atoms with van der Waals surface area (Å²) in [5.74, 6) is -0.737. The van der Waals surface area contributed by atoms with Crippen LogP contribution in [0.1, 0.15) is 19.4 Å². The van der Waals surface area contributed by atoms with Gasteiger partial charge in [-0.05, 0) is 50.3 Å². The number of aliphatic imine (C=N–C) groups is 1. The third-order valence-corrected chi connectivity index (χ3v) is 5.44. The Morgan fingerprint density at radius 1 is 0.846 bits per heavy atom. The standard InChI is InChI=1S/C29H26N4O6/c1-3-38-24-22(26(34)32(28(36)30-24)20-14-8-5-9-15-20)18-12-7-13-19-23-25(39-4-2)31-29(37)33(27(23)35)21-16-10-6-11-17-21/h5-19H,3-4H2,1-2H3,(H,30,36)/p-1/b13-7+,18-12+,23-19+. The molecule has 1 aliphatic rings. The number of para-hydroxylation sites is 2. The average molecular weight is 526 g/mol. The zero-order valence-corrected chi connectivity index (χ0v) is 21.3. The minimum absolute atomic E-state index is 0.0760. The van der Waals surface area contributed by atoms with Crippen molar-refractivity contribution in [2.75, 3.05) is 18.1 Å². The third-order valence-electron chi connectivity index (χ3n) is 5.44. The number of anilines is 1. The van der Waals surface area contributed by atoms with Crippen LogP contribution in [0.5, 0.6) is 11.9 Å². The van der Waals surface area contributed by atoms with Crippen LogP contribution in [0.15, 0.2) is 100 Å². The fourth-order valence-corrected chi connectivity index (χ4v) is 3.75.